The van der Waals surface area contributed by atoms with Gasteiger partial charge in [-0.15, -0.1) is 0 Å². The van der Waals surface area contributed by atoms with Gasteiger partial charge in [-0.2, -0.15) is 0 Å². The SMILES string of the molecule is C[C@H]1C(=O)C23[C@@H]4OC(C)(C)O[C@@H]2C[C@@H]2C(C)(C)CCC(=O)[C@]25CO[C@H](C[C@H]41)[C@H]35. The van der Waals surface area contributed by atoms with Crippen molar-refractivity contribution in [1.29, 1.82) is 0 Å². The standard InChI is InChI=1S/C23H32O5/c1-11-12-8-13-17-22(10-26-13)14(20(2,3)7-6-15(22)24)9-16-23(17,18(11)25)19(12)28-21(4,5)27-16/h11-14,16-17,19H,6-10H2,1-5H3/t11-,12+,13-,14-,16-,17+,19-,22+,23?/m1/s1. The molecule has 28 heavy (non-hydrogen) atoms. The maximum absolute atomic E-state index is 13.9. The molecule has 0 N–H and O–H groups in total. The maximum Gasteiger partial charge on any atom is 0.163 e. The normalized spacial score (nSPS) is 57.7. The molecule has 0 aromatic heterocycles. The molecule has 2 aliphatic heterocycles. The first-order valence-corrected chi connectivity index (χ1v) is 11.1. The van der Waals surface area contributed by atoms with Crippen LogP contribution in [0.2, 0.25) is 0 Å². The Kier molecular flexibility index (Phi) is 3.17. The summed E-state index contributed by atoms with van der Waals surface area (Å²) < 4.78 is 19.5. The molecule has 6 aliphatic rings. The highest BCUT2D eigenvalue weighted by Gasteiger charge is 2.83. The van der Waals surface area contributed by atoms with Crippen molar-refractivity contribution in [3.63, 3.8) is 0 Å². The van der Waals surface area contributed by atoms with Crippen molar-refractivity contribution in [2.45, 2.75) is 84.4 Å². The second-order valence-corrected chi connectivity index (χ2v) is 11.6. The van der Waals surface area contributed by atoms with Gasteiger partial charge in [0.15, 0.2) is 5.79 Å². The van der Waals surface area contributed by atoms with Crippen LogP contribution in [0.5, 0.6) is 0 Å². The van der Waals surface area contributed by atoms with E-state index in [1.807, 2.05) is 13.8 Å². The predicted octanol–water partition coefficient (Wildman–Crippen LogP) is 3.14. The molecule has 2 saturated heterocycles. The van der Waals surface area contributed by atoms with Crippen LogP contribution >= 0.6 is 0 Å². The Morgan fingerprint density at radius 1 is 1.04 bits per heavy atom. The van der Waals surface area contributed by atoms with Gasteiger partial charge in [-0.3, -0.25) is 9.59 Å². The van der Waals surface area contributed by atoms with Crippen molar-refractivity contribution in [3.05, 3.63) is 0 Å². The average Bonchev–Trinajstić information content (AvgIpc) is 3.06. The summed E-state index contributed by atoms with van der Waals surface area (Å²) in [5, 5.41) is 0. The first-order valence-electron chi connectivity index (χ1n) is 11.1. The number of ether oxygens (including phenoxy) is 3. The molecule has 4 saturated carbocycles. The Morgan fingerprint density at radius 3 is 2.54 bits per heavy atom. The first-order chi connectivity index (χ1) is 13.1. The van der Waals surface area contributed by atoms with Crippen molar-refractivity contribution in [3.8, 4) is 0 Å². The fourth-order valence-corrected chi connectivity index (χ4v) is 8.76. The van der Waals surface area contributed by atoms with Crippen LogP contribution in [0.4, 0.5) is 0 Å². The largest absolute Gasteiger partial charge is 0.377 e. The Labute approximate surface area is 166 Å². The highest BCUT2D eigenvalue weighted by molar-refractivity contribution is 5.95. The van der Waals surface area contributed by atoms with Gasteiger partial charge in [0, 0.05) is 18.3 Å². The molecule has 0 radical (unpaired) electrons. The van der Waals surface area contributed by atoms with E-state index in [4.69, 9.17) is 14.2 Å². The summed E-state index contributed by atoms with van der Waals surface area (Å²) in [6.07, 6.45) is 2.75. The molecule has 0 amide bonds. The summed E-state index contributed by atoms with van der Waals surface area (Å²) in [5.41, 5.74) is -1.21. The minimum atomic E-state index is -0.710. The number of hydrogen-bond acceptors (Lipinski definition) is 5. The monoisotopic (exact) mass is 388 g/mol. The van der Waals surface area contributed by atoms with Crippen LogP contribution in [-0.4, -0.2) is 42.3 Å². The minimum Gasteiger partial charge on any atom is -0.377 e. The van der Waals surface area contributed by atoms with Crippen LogP contribution < -0.4 is 0 Å². The number of hydrogen-bond donors (Lipinski definition) is 0. The lowest BCUT2D eigenvalue weighted by Crippen LogP contribution is -2.74. The fourth-order valence-electron chi connectivity index (χ4n) is 8.76. The van der Waals surface area contributed by atoms with Crippen LogP contribution in [-0.2, 0) is 23.8 Å². The summed E-state index contributed by atoms with van der Waals surface area (Å²) in [7, 11) is 0. The Hall–Kier alpha value is -0.780. The molecule has 4 aliphatic carbocycles. The third-order valence-corrected chi connectivity index (χ3v) is 9.72. The van der Waals surface area contributed by atoms with Crippen LogP contribution in [0.25, 0.3) is 0 Å². The topological polar surface area (TPSA) is 61.8 Å². The summed E-state index contributed by atoms with van der Waals surface area (Å²) in [6.45, 7) is 11.1. The lowest BCUT2D eigenvalue weighted by molar-refractivity contribution is -0.376. The minimum absolute atomic E-state index is 0.0216. The second kappa shape index (κ2) is 4.92. The zero-order valence-electron chi connectivity index (χ0n) is 17.6. The molecule has 5 heteroatoms. The summed E-state index contributed by atoms with van der Waals surface area (Å²) in [4.78, 5) is 27.5. The molecule has 9 atom stereocenters. The van der Waals surface area contributed by atoms with Crippen molar-refractivity contribution in [2.24, 2.45) is 39.9 Å². The number of carbonyl (C=O) groups excluding carboxylic acids is 2. The number of Topliss-reactive ketones (excluding diaryl/α,β-unsaturated/α-hetero) is 2. The molecule has 6 fully saturated rings. The molecule has 5 nitrogen and oxygen atoms in total. The molecule has 0 aromatic rings. The van der Waals surface area contributed by atoms with Gasteiger partial charge in [-0.05, 0) is 50.4 Å². The smallest absolute Gasteiger partial charge is 0.163 e. The zero-order valence-corrected chi connectivity index (χ0v) is 17.6. The van der Waals surface area contributed by atoms with Crippen molar-refractivity contribution in [2.75, 3.05) is 6.61 Å². The quantitative estimate of drug-likeness (QED) is 0.638. The van der Waals surface area contributed by atoms with E-state index >= 15 is 0 Å². The van der Waals surface area contributed by atoms with E-state index in [1.165, 1.54) is 0 Å². The van der Waals surface area contributed by atoms with Crippen molar-refractivity contribution >= 4 is 11.6 Å². The summed E-state index contributed by atoms with van der Waals surface area (Å²) >= 11 is 0. The molecule has 154 valence electrons. The Morgan fingerprint density at radius 2 is 1.79 bits per heavy atom. The van der Waals surface area contributed by atoms with Gasteiger partial charge < -0.3 is 14.2 Å². The lowest BCUT2D eigenvalue weighted by Gasteiger charge is -2.66. The van der Waals surface area contributed by atoms with Crippen LogP contribution in [0.15, 0.2) is 0 Å². The number of ketones is 2. The lowest BCUT2D eigenvalue weighted by atomic mass is 9.39. The summed E-state index contributed by atoms with van der Waals surface area (Å²) in [6, 6.07) is 0. The summed E-state index contributed by atoms with van der Waals surface area (Å²) in [5.74, 6) is 0.113. The third kappa shape index (κ3) is 1.70. The average molecular weight is 389 g/mol. The van der Waals surface area contributed by atoms with Crippen LogP contribution in [0.3, 0.4) is 0 Å². The number of rotatable bonds is 0. The van der Waals surface area contributed by atoms with E-state index in [1.54, 1.807) is 0 Å². The van der Waals surface area contributed by atoms with Gasteiger partial charge in [0.05, 0.1) is 35.7 Å². The molecule has 2 bridgehead atoms. The van der Waals surface area contributed by atoms with E-state index in [0.717, 1.165) is 19.3 Å². The highest BCUT2D eigenvalue weighted by Crippen LogP contribution is 2.75. The van der Waals surface area contributed by atoms with Crippen LogP contribution in [0, 0.1) is 39.9 Å². The third-order valence-electron chi connectivity index (χ3n) is 9.72. The number of carbonyl (C=O) groups is 2. The molecule has 2 spiro atoms. The zero-order chi connectivity index (χ0) is 19.9. The van der Waals surface area contributed by atoms with Gasteiger partial charge in [0.2, 0.25) is 0 Å². The van der Waals surface area contributed by atoms with Crippen molar-refractivity contribution < 1.29 is 23.8 Å². The molecule has 0 aromatic carbocycles. The van der Waals surface area contributed by atoms with Gasteiger partial charge >= 0.3 is 0 Å². The molecular formula is C23H32O5. The van der Waals surface area contributed by atoms with Crippen LogP contribution in [0.1, 0.15) is 60.3 Å². The first kappa shape index (κ1) is 18.0. The van der Waals surface area contributed by atoms with E-state index < -0.39 is 16.6 Å². The van der Waals surface area contributed by atoms with Gasteiger partial charge in [-0.25, -0.2) is 0 Å². The molecular weight excluding hydrogens is 356 g/mol. The predicted molar refractivity (Wildman–Crippen MR) is 100 cm³/mol. The molecule has 2 heterocycles. The second-order valence-electron chi connectivity index (χ2n) is 11.6. The Balaban J connectivity index is 1.62. The van der Waals surface area contributed by atoms with E-state index in [2.05, 4.69) is 20.8 Å². The fraction of sp³-hybridized carbons (Fsp3) is 0.913. The maximum atomic E-state index is 13.9. The molecule has 1 unspecified atom stereocenters. The molecule has 6 rings (SSSR count). The van der Waals surface area contributed by atoms with Gasteiger partial charge in [-0.1, -0.05) is 20.8 Å². The van der Waals surface area contributed by atoms with E-state index in [-0.39, 0.29) is 53.2 Å². The van der Waals surface area contributed by atoms with Gasteiger partial charge in [0.25, 0.3) is 0 Å². The van der Waals surface area contributed by atoms with Crippen molar-refractivity contribution in [1.82, 2.24) is 0 Å². The van der Waals surface area contributed by atoms with E-state index in [0.29, 0.717) is 18.8 Å². The highest BCUT2D eigenvalue weighted by atomic mass is 16.7. The Bertz CT molecular complexity index is 786. The van der Waals surface area contributed by atoms with E-state index in [9.17, 15) is 9.59 Å². The van der Waals surface area contributed by atoms with Gasteiger partial charge in [0.1, 0.15) is 11.6 Å².